The first-order chi connectivity index (χ1) is 19.5. The first-order valence-electron chi connectivity index (χ1n) is 13.7. The maximum absolute atomic E-state index is 14.3. The summed E-state index contributed by atoms with van der Waals surface area (Å²) in [6.07, 6.45) is 7.08. The van der Waals surface area contributed by atoms with Crippen LogP contribution >= 0.6 is 0 Å². The highest BCUT2D eigenvalue weighted by Gasteiger charge is 2.32. The summed E-state index contributed by atoms with van der Waals surface area (Å²) < 4.78 is 52.7. The fourth-order valence-electron chi connectivity index (χ4n) is 5.58. The van der Waals surface area contributed by atoms with Gasteiger partial charge in [0.25, 0.3) is 5.95 Å². The second kappa shape index (κ2) is 11.9. The van der Waals surface area contributed by atoms with E-state index in [2.05, 4.69) is 40.9 Å². The summed E-state index contributed by atoms with van der Waals surface area (Å²) in [5.74, 6) is -1.29. The summed E-state index contributed by atoms with van der Waals surface area (Å²) in [5.41, 5.74) is 0.119. The number of ether oxygens (including phenoxy) is 2. The van der Waals surface area contributed by atoms with Gasteiger partial charge in [0, 0.05) is 50.8 Å². The maximum Gasteiger partial charge on any atom is 0.266 e. The number of benzene rings is 1. The van der Waals surface area contributed by atoms with E-state index in [1.54, 1.807) is 17.2 Å². The number of anilines is 2. The lowest BCUT2D eigenvalue weighted by atomic mass is 9.93. The Hall–Kier alpha value is -3.52. The molecule has 0 saturated carbocycles. The first kappa shape index (κ1) is 26.7. The van der Waals surface area contributed by atoms with Gasteiger partial charge >= 0.3 is 0 Å². The number of piperidine rings is 1. The molecule has 3 aromatic rings. The molecule has 6 rings (SSSR count). The maximum atomic E-state index is 14.3. The molecule has 1 aromatic carbocycles. The zero-order chi connectivity index (χ0) is 27.5. The van der Waals surface area contributed by atoms with Gasteiger partial charge in [0.15, 0.2) is 17.4 Å². The predicted molar refractivity (Wildman–Crippen MR) is 139 cm³/mol. The molecule has 0 radical (unpaired) electrons. The van der Waals surface area contributed by atoms with E-state index in [0.717, 1.165) is 51.4 Å². The van der Waals surface area contributed by atoms with Crippen molar-refractivity contribution in [3.8, 4) is 5.75 Å². The smallest absolute Gasteiger partial charge is 0.266 e. The highest BCUT2D eigenvalue weighted by atomic mass is 19.2. The van der Waals surface area contributed by atoms with Crippen LogP contribution in [-0.2, 0) is 4.74 Å². The number of nitrogens with zero attached hydrogens (tertiary/aromatic N) is 7. The fourth-order valence-corrected chi connectivity index (χ4v) is 5.58. The average Bonchev–Trinajstić information content (AvgIpc) is 3.75. The van der Waals surface area contributed by atoms with Crippen LogP contribution in [0.5, 0.6) is 5.75 Å². The molecule has 3 aliphatic heterocycles. The molecule has 0 amide bonds. The largest absolute Gasteiger partial charge is 0.490 e. The van der Waals surface area contributed by atoms with Gasteiger partial charge in [-0.15, -0.1) is 5.10 Å². The Bertz CT molecular complexity index is 1280. The van der Waals surface area contributed by atoms with Crippen molar-refractivity contribution in [2.75, 3.05) is 56.2 Å². The van der Waals surface area contributed by atoms with Gasteiger partial charge in [-0.2, -0.15) is 4.80 Å². The van der Waals surface area contributed by atoms with E-state index in [1.807, 2.05) is 0 Å². The molecule has 5 heterocycles. The van der Waals surface area contributed by atoms with Crippen LogP contribution in [0.3, 0.4) is 0 Å². The number of hydrogen-bond donors (Lipinski definition) is 2. The Morgan fingerprint density at radius 3 is 2.60 bits per heavy atom. The normalized spacial score (nSPS) is 23.6. The lowest BCUT2D eigenvalue weighted by molar-refractivity contribution is 0.181. The van der Waals surface area contributed by atoms with Gasteiger partial charge < -0.3 is 25.0 Å². The highest BCUT2D eigenvalue weighted by Crippen LogP contribution is 2.29. The average molecular weight is 560 g/mol. The van der Waals surface area contributed by atoms with Gasteiger partial charge in [-0.05, 0) is 48.4 Å². The van der Waals surface area contributed by atoms with E-state index in [1.165, 1.54) is 0 Å². The Kier molecular flexibility index (Phi) is 7.96. The highest BCUT2D eigenvalue weighted by molar-refractivity contribution is 5.35. The zero-order valence-corrected chi connectivity index (χ0v) is 22.0. The number of hydrogen-bond acceptors (Lipinski definition) is 10. The van der Waals surface area contributed by atoms with Crippen LogP contribution in [0.25, 0.3) is 0 Å². The number of halogens is 3. The molecular formula is C26H32F3N9O2. The van der Waals surface area contributed by atoms with Crippen LogP contribution in [0.2, 0.25) is 0 Å². The Labute approximate surface area is 229 Å². The van der Waals surface area contributed by atoms with Crippen molar-refractivity contribution in [1.82, 2.24) is 35.5 Å². The van der Waals surface area contributed by atoms with Crippen LogP contribution in [0, 0.1) is 23.4 Å². The van der Waals surface area contributed by atoms with Gasteiger partial charge in [-0.25, -0.2) is 23.1 Å². The molecule has 214 valence electrons. The van der Waals surface area contributed by atoms with Crippen LogP contribution in [0.1, 0.15) is 43.2 Å². The minimum absolute atomic E-state index is 0.119. The van der Waals surface area contributed by atoms with Crippen molar-refractivity contribution < 1.29 is 22.6 Å². The zero-order valence-electron chi connectivity index (χ0n) is 22.0. The Morgan fingerprint density at radius 2 is 1.82 bits per heavy atom. The number of rotatable bonds is 9. The van der Waals surface area contributed by atoms with Crippen molar-refractivity contribution in [1.29, 1.82) is 0 Å². The monoisotopic (exact) mass is 559 g/mol. The fraction of sp³-hybridized carbons (Fsp3) is 0.577. The molecule has 3 fully saturated rings. The third kappa shape index (κ3) is 5.97. The molecule has 40 heavy (non-hydrogen) atoms. The molecule has 3 saturated heterocycles. The van der Waals surface area contributed by atoms with Crippen molar-refractivity contribution in [2.24, 2.45) is 5.92 Å². The molecule has 2 aromatic heterocycles. The summed E-state index contributed by atoms with van der Waals surface area (Å²) >= 11 is 0. The molecule has 0 aliphatic carbocycles. The van der Waals surface area contributed by atoms with Gasteiger partial charge in [0.1, 0.15) is 5.82 Å². The first-order valence-corrected chi connectivity index (χ1v) is 13.7. The summed E-state index contributed by atoms with van der Waals surface area (Å²) in [5, 5.41) is 19.3. The molecule has 0 unspecified atom stereocenters. The Morgan fingerprint density at radius 1 is 1.02 bits per heavy atom. The quantitative estimate of drug-likeness (QED) is 0.379. The van der Waals surface area contributed by atoms with Crippen molar-refractivity contribution in [3.05, 3.63) is 47.5 Å². The number of tetrazole rings is 1. The second-order valence-corrected chi connectivity index (χ2v) is 10.5. The molecule has 11 nitrogen and oxygen atoms in total. The molecule has 2 N–H and O–H groups in total. The predicted octanol–water partition coefficient (Wildman–Crippen LogP) is 2.69. The summed E-state index contributed by atoms with van der Waals surface area (Å²) in [4.78, 5) is 12.5. The lowest BCUT2D eigenvalue weighted by Crippen LogP contribution is -2.35. The van der Waals surface area contributed by atoms with E-state index in [4.69, 9.17) is 9.47 Å². The second-order valence-electron chi connectivity index (χ2n) is 10.5. The molecule has 14 heteroatoms. The molecule has 0 bridgehead atoms. The van der Waals surface area contributed by atoms with Crippen LogP contribution < -0.4 is 20.3 Å². The summed E-state index contributed by atoms with van der Waals surface area (Å²) in [6, 6.07) is 1.41. The van der Waals surface area contributed by atoms with Crippen LogP contribution in [-0.4, -0.2) is 82.2 Å². The van der Waals surface area contributed by atoms with E-state index in [0.29, 0.717) is 55.9 Å². The SMILES string of the molecule is Fc1cc(F)c([C@H]2CNC[C@@H]2Nc2ncc(OCCC3CCN(c4nnn([C@@H]5CCOC5)n4)CC3)cn2)cc1F. The van der Waals surface area contributed by atoms with E-state index in [-0.39, 0.29) is 17.6 Å². The van der Waals surface area contributed by atoms with Gasteiger partial charge in [-0.1, -0.05) is 5.10 Å². The number of nitrogens with one attached hydrogen (secondary N) is 2. The van der Waals surface area contributed by atoms with Crippen LogP contribution in [0.4, 0.5) is 25.1 Å². The van der Waals surface area contributed by atoms with Crippen molar-refractivity contribution in [3.63, 3.8) is 0 Å². The van der Waals surface area contributed by atoms with Crippen LogP contribution in [0.15, 0.2) is 24.5 Å². The van der Waals surface area contributed by atoms with Gasteiger partial charge in [-0.3, -0.25) is 0 Å². The van der Waals surface area contributed by atoms with E-state index >= 15 is 0 Å². The van der Waals surface area contributed by atoms with Gasteiger partial charge in [0.05, 0.1) is 31.6 Å². The van der Waals surface area contributed by atoms with E-state index < -0.39 is 23.4 Å². The van der Waals surface area contributed by atoms with Crippen molar-refractivity contribution in [2.45, 2.75) is 43.7 Å². The molecule has 3 aliphatic rings. The minimum atomic E-state index is -1.20. The molecule has 3 atom stereocenters. The summed E-state index contributed by atoms with van der Waals surface area (Å²) in [7, 11) is 0. The third-order valence-corrected chi connectivity index (χ3v) is 7.94. The van der Waals surface area contributed by atoms with Crippen molar-refractivity contribution >= 4 is 11.9 Å². The lowest BCUT2D eigenvalue weighted by Gasteiger charge is -2.30. The topological polar surface area (TPSA) is 115 Å². The molecule has 0 spiro atoms. The van der Waals surface area contributed by atoms with Gasteiger partial charge in [0.2, 0.25) is 5.95 Å². The number of aromatic nitrogens is 6. The summed E-state index contributed by atoms with van der Waals surface area (Å²) in [6.45, 7) is 4.63. The standard InChI is InChI=1S/C26H32F3N9O2/c27-21-10-23(29)22(28)9-19(21)20-13-30-14-24(20)33-25-31-11-18(12-32-25)40-8-3-16-1-5-37(6-2-16)26-34-36-38(35-26)17-4-7-39-15-17/h9-12,16-17,20,24,30H,1-8,13-15H2,(H,31,32,33)/t17-,20-,24+/m1/s1. The molecular weight excluding hydrogens is 527 g/mol. The third-order valence-electron chi connectivity index (χ3n) is 7.94. The Balaban J connectivity index is 0.943. The minimum Gasteiger partial charge on any atom is -0.490 e. The van der Waals surface area contributed by atoms with E-state index in [9.17, 15) is 13.2 Å².